The van der Waals surface area contributed by atoms with E-state index in [2.05, 4.69) is 53.4 Å². The SMILES string of the molecule is CCNC(=NCCOCCC(C)C)NC1CCN(c2cc(OC)cc(OC)c2)CC1.I. The van der Waals surface area contributed by atoms with Crippen LogP contribution in [0.4, 0.5) is 5.69 Å². The molecule has 1 fully saturated rings. The fourth-order valence-corrected chi connectivity index (χ4v) is 3.41. The molecule has 1 aromatic carbocycles. The Bertz CT molecular complexity index is 627. The van der Waals surface area contributed by atoms with Gasteiger partial charge < -0.3 is 29.7 Å². The summed E-state index contributed by atoms with van der Waals surface area (Å²) >= 11 is 0. The van der Waals surface area contributed by atoms with E-state index in [-0.39, 0.29) is 24.0 Å². The molecule has 0 unspecified atom stereocenters. The van der Waals surface area contributed by atoms with Crippen LogP contribution in [-0.2, 0) is 4.74 Å². The van der Waals surface area contributed by atoms with Gasteiger partial charge in [-0.2, -0.15) is 0 Å². The van der Waals surface area contributed by atoms with Crippen molar-refractivity contribution in [2.45, 2.75) is 46.1 Å². The van der Waals surface area contributed by atoms with Gasteiger partial charge in [0.2, 0.25) is 0 Å². The van der Waals surface area contributed by atoms with Gasteiger partial charge in [0.1, 0.15) is 11.5 Å². The quantitative estimate of drug-likeness (QED) is 0.189. The normalized spacial score (nSPS) is 14.9. The lowest BCUT2D eigenvalue weighted by molar-refractivity contribution is 0.130. The van der Waals surface area contributed by atoms with Gasteiger partial charge in [0, 0.05) is 56.2 Å². The number of aliphatic imine (C=N–C) groups is 1. The van der Waals surface area contributed by atoms with Gasteiger partial charge in [-0.05, 0) is 32.1 Å². The number of halogens is 1. The lowest BCUT2D eigenvalue weighted by Crippen LogP contribution is -2.48. The maximum atomic E-state index is 5.67. The molecule has 0 saturated carbocycles. The Morgan fingerprint density at radius 3 is 2.29 bits per heavy atom. The van der Waals surface area contributed by atoms with E-state index in [1.165, 1.54) is 0 Å². The average molecular weight is 549 g/mol. The van der Waals surface area contributed by atoms with Gasteiger partial charge in [-0.3, -0.25) is 4.99 Å². The third-order valence-corrected chi connectivity index (χ3v) is 5.23. The maximum absolute atomic E-state index is 5.67. The number of ether oxygens (including phenoxy) is 3. The monoisotopic (exact) mass is 548 g/mol. The summed E-state index contributed by atoms with van der Waals surface area (Å²) in [6.45, 7) is 11.5. The van der Waals surface area contributed by atoms with E-state index in [1.807, 2.05) is 6.07 Å². The Labute approximate surface area is 205 Å². The molecule has 0 atom stereocenters. The molecule has 2 rings (SSSR count). The van der Waals surface area contributed by atoms with Crippen LogP contribution in [0, 0.1) is 5.92 Å². The van der Waals surface area contributed by atoms with Crippen molar-refractivity contribution in [1.82, 2.24) is 10.6 Å². The van der Waals surface area contributed by atoms with E-state index in [1.54, 1.807) is 14.2 Å². The molecule has 0 aromatic heterocycles. The summed E-state index contributed by atoms with van der Waals surface area (Å²) in [5.74, 6) is 3.20. The van der Waals surface area contributed by atoms with Crippen molar-refractivity contribution in [2.75, 3.05) is 58.5 Å². The highest BCUT2D eigenvalue weighted by Crippen LogP contribution is 2.30. The van der Waals surface area contributed by atoms with Crippen LogP contribution in [-0.4, -0.2) is 65.6 Å². The number of benzene rings is 1. The second-order valence-electron chi connectivity index (χ2n) is 8.03. The Kier molecular flexibility index (Phi) is 13.7. The van der Waals surface area contributed by atoms with E-state index in [4.69, 9.17) is 14.2 Å². The molecule has 0 radical (unpaired) electrons. The summed E-state index contributed by atoms with van der Waals surface area (Å²) in [7, 11) is 3.37. The van der Waals surface area contributed by atoms with Crippen LogP contribution in [0.3, 0.4) is 0 Å². The number of piperidine rings is 1. The summed E-state index contributed by atoms with van der Waals surface area (Å²) in [4.78, 5) is 7.05. The molecule has 1 aromatic rings. The van der Waals surface area contributed by atoms with Crippen molar-refractivity contribution < 1.29 is 14.2 Å². The van der Waals surface area contributed by atoms with Gasteiger partial charge in [0.15, 0.2) is 5.96 Å². The first-order chi connectivity index (χ1) is 14.5. The number of hydrogen-bond acceptors (Lipinski definition) is 5. The molecule has 8 heteroatoms. The average Bonchev–Trinajstić information content (AvgIpc) is 2.76. The van der Waals surface area contributed by atoms with Crippen LogP contribution in [0.5, 0.6) is 11.5 Å². The number of methoxy groups -OCH3 is 2. The van der Waals surface area contributed by atoms with E-state index in [0.29, 0.717) is 25.1 Å². The highest BCUT2D eigenvalue weighted by Gasteiger charge is 2.21. The molecule has 0 amide bonds. The number of rotatable bonds is 11. The lowest BCUT2D eigenvalue weighted by atomic mass is 10.0. The second kappa shape index (κ2) is 15.4. The smallest absolute Gasteiger partial charge is 0.191 e. The zero-order valence-electron chi connectivity index (χ0n) is 19.8. The zero-order chi connectivity index (χ0) is 21.8. The first-order valence-corrected chi connectivity index (χ1v) is 11.2. The third-order valence-electron chi connectivity index (χ3n) is 5.23. The van der Waals surface area contributed by atoms with E-state index >= 15 is 0 Å². The van der Waals surface area contributed by atoms with Crippen LogP contribution in [0.25, 0.3) is 0 Å². The molecule has 1 aliphatic rings. The van der Waals surface area contributed by atoms with Crippen LogP contribution in [0.2, 0.25) is 0 Å². The molecule has 7 nitrogen and oxygen atoms in total. The van der Waals surface area contributed by atoms with Gasteiger partial charge in [-0.1, -0.05) is 13.8 Å². The van der Waals surface area contributed by atoms with E-state index in [0.717, 1.165) is 68.6 Å². The Morgan fingerprint density at radius 1 is 1.10 bits per heavy atom. The van der Waals surface area contributed by atoms with Crippen LogP contribution < -0.4 is 25.0 Å². The fourth-order valence-electron chi connectivity index (χ4n) is 3.41. The molecule has 31 heavy (non-hydrogen) atoms. The predicted octanol–water partition coefficient (Wildman–Crippen LogP) is 3.91. The summed E-state index contributed by atoms with van der Waals surface area (Å²) in [6.07, 6.45) is 3.20. The van der Waals surface area contributed by atoms with Gasteiger partial charge in [0.05, 0.1) is 27.4 Å². The highest BCUT2D eigenvalue weighted by molar-refractivity contribution is 14.0. The predicted molar refractivity (Wildman–Crippen MR) is 140 cm³/mol. The van der Waals surface area contributed by atoms with Crippen LogP contribution in [0.1, 0.15) is 40.0 Å². The van der Waals surface area contributed by atoms with Crippen molar-refractivity contribution >= 4 is 35.6 Å². The number of hydrogen-bond donors (Lipinski definition) is 2. The van der Waals surface area contributed by atoms with E-state index in [9.17, 15) is 0 Å². The largest absolute Gasteiger partial charge is 0.497 e. The Morgan fingerprint density at radius 2 is 1.74 bits per heavy atom. The minimum Gasteiger partial charge on any atom is -0.497 e. The van der Waals surface area contributed by atoms with Crippen LogP contribution >= 0.6 is 24.0 Å². The maximum Gasteiger partial charge on any atom is 0.191 e. The third kappa shape index (κ3) is 10.2. The van der Waals surface area contributed by atoms with E-state index < -0.39 is 0 Å². The fraction of sp³-hybridized carbons (Fsp3) is 0.696. The summed E-state index contributed by atoms with van der Waals surface area (Å²) < 4.78 is 16.5. The molecule has 1 heterocycles. The van der Waals surface area contributed by atoms with Crippen molar-refractivity contribution in [3.05, 3.63) is 18.2 Å². The number of nitrogens with one attached hydrogen (secondary N) is 2. The Balaban J connectivity index is 0.00000480. The molecular weight excluding hydrogens is 507 g/mol. The van der Waals surface area contributed by atoms with Gasteiger partial charge in [-0.25, -0.2) is 0 Å². The lowest BCUT2D eigenvalue weighted by Gasteiger charge is -2.34. The minimum atomic E-state index is 0. The number of anilines is 1. The summed E-state index contributed by atoms with van der Waals surface area (Å²) in [5, 5.41) is 6.94. The van der Waals surface area contributed by atoms with Gasteiger partial charge in [-0.15, -0.1) is 24.0 Å². The van der Waals surface area contributed by atoms with Gasteiger partial charge in [0.25, 0.3) is 0 Å². The van der Waals surface area contributed by atoms with Crippen molar-refractivity contribution in [3.63, 3.8) is 0 Å². The van der Waals surface area contributed by atoms with Crippen molar-refractivity contribution in [2.24, 2.45) is 10.9 Å². The molecule has 0 bridgehead atoms. The first-order valence-electron chi connectivity index (χ1n) is 11.2. The molecule has 1 saturated heterocycles. The number of nitrogens with zero attached hydrogens (tertiary/aromatic N) is 2. The molecule has 1 aliphatic heterocycles. The molecule has 2 N–H and O–H groups in total. The standard InChI is InChI=1S/C23H40N4O3.HI/c1-6-24-23(25-10-14-30-13-9-18(2)3)26-19-7-11-27(12-8-19)20-15-21(28-4)17-22(16-20)29-5;/h15-19H,6-14H2,1-5H3,(H2,24,25,26);1H. The second-order valence-corrected chi connectivity index (χ2v) is 8.03. The van der Waals surface area contributed by atoms with Crippen molar-refractivity contribution in [3.8, 4) is 11.5 Å². The molecule has 178 valence electrons. The highest BCUT2D eigenvalue weighted by atomic mass is 127. The summed E-state index contributed by atoms with van der Waals surface area (Å²) in [5.41, 5.74) is 1.14. The van der Waals surface area contributed by atoms with Crippen molar-refractivity contribution in [1.29, 1.82) is 0 Å². The Hall–Kier alpha value is -1.42. The topological polar surface area (TPSA) is 67.4 Å². The number of guanidine groups is 1. The molecule has 0 aliphatic carbocycles. The summed E-state index contributed by atoms with van der Waals surface area (Å²) in [6, 6.07) is 6.46. The minimum absolute atomic E-state index is 0. The van der Waals surface area contributed by atoms with Gasteiger partial charge >= 0.3 is 0 Å². The molecule has 0 spiro atoms. The zero-order valence-corrected chi connectivity index (χ0v) is 22.1. The van der Waals surface area contributed by atoms with Crippen LogP contribution in [0.15, 0.2) is 23.2 Å². The molecular formula is C23H41IN4O3. The first kappa shape index (κ1) is 27.6.